The first-order valence-electron chi connectivity index (χ1n) is 10.2. The fourth-order valence-corrected chi connectivity index (χ4v) is 3.95. The lowest BCUT2D eigenvalue weighted by atomic mass is 9.98. The van der Waals surface area contributed by atoms with Crippen LogP contribution in [0.1, 0.15) is 44.7 Å². The van der Waals surface area contributed by atoms with Crippen molar-refractivity contribution < 1.29 is 23.9 Å². The van der Waals surface area contributed by atoms with Crippen molar-refractivity contribution in [2.24, 2.45) is 0 Å². The zero-order valence-corrected chi connectivity index (χ0v) is 18.2. The Morgan fingerprint density at radius 2 is 1.65 bits per heavy atom. The van der Waals surface area contributed by atoms with E-state index in [4.69, 9.17) is 15.0 Å². The molecule has 31 heavy (non-hydrogen) atoms. The number of rotatable bonds is 7. The number of ether oxygens (including phenoxy) is 2. The number of ketones is 1. The van der Waals surface area contributed by atoms with Crippen LogP contribution in [0.4, 0.5) is 4.79 Å². The van der Waals surface area contributed by atoms with E-state index in [0.29, 0.717) is 0 Å². The summed E-state index contributed by atoms with van der Waals surface area (Å²) in [5, 5.41) is 2.56. The maximum atomic E-state index is 12.6. The second-order valence-corrected chi connectivity index (χ2v) is 8.53. The van der Waals surface area contributed by atoms with Crippen molar-refractivity contribution in [3.05, 3.63) is 65.2 Å². The lowest BCUT2D eigenvalue weighted by Gasteiger charge is -2.29. The van der Waals surface area contributed by atoms with E-state index >= 15 is 0 Å². The first kappa shape index (κ1) is 22.4. The van der Waals surface area contributed by atoms with E-state index < -0.39 is 29.6 Å². The molecule has 0 aromatic heterocycles. The van der Waals surface area contributed by atoms with E-state index in [9.17, 15) is 9.59 Å². The molecule has 0 spiro atoms. The van der Waals surface area contributed by atoms with Gasteiger partial charge in [0.15, 0.2) is 0 Å². The van der Waals surface area contributed by atoms with Crippen LogP contribution in [-0.2, 0) is 14.3 Å². The average Bonchev–Trinajstić information content (AvgIpc) is 3.03. The fourth-order valence-electron chi connectivity index (χ4n) is 3.95. The van der Waals surface area contributed by atoms with E-state index in [1.54, 1.807) is 6.92 Å². The summed E-state index contributed by atoms with van der Waals surface area (Å²) in [6.07, 6.45) is -0.654. The molecular weight excluding hydrogens is 394 g/mol. The number of alkyl carbamates (subject to hydrolysis) is 1. The predicted molar refractivity (Wildman–Crippen MR) is 117 cm³/mol. The number of nitrogens with one attached hydrogen (secondary N) is 1. The first-order chi connectivity index (χ1) is 14.7. The van der Waals surface area contributed by atoms with Crippen molar-refractivity contribution in [3.8, 4) is 11.1 Å². The van der Waals surface area contributed by atoms with Gasteiger partial charge in [0.2, 0.25) is 0 Å². The zero-order valence-electron chi connectivity index (χ0n) is 18.2. The Hall–Kier alpha value is -3.28. The highest BCUT2D eigenvalue weighted by molar-refractivity contribution is 6.28. The molecule has 2 atom stereocenters. The van der Waals surface area contributed by atoms with Gasteiger partial charge < -0.3 is 20.3 Å². The standard InChI is InChI=1S/C24H27N3O4/c1-15(31-24(2,3)4)22(21(28)13-26-25)27-23(29)30-14-20-18-11-7-5-9-16(18)17-10-6-8-12-19(17)20/h5-13,15,20,22H,14H2,1-4H3,(H,27,29)/t15-,22-/m0/s1. The molecule has 0 saturated carbocycles. The summed E-state index contributed by atoms with van der Waals surface area (Å²) in [6.45, 7) is 7.33. The molecule has 2 aromatic rings. The monoisotopic (exact) mass is 421 g/mol. The number of nitrogens with zero attached hydrogens (tertiary/aromatic N) is 2. The van der Waals surface area contributed by atoms with Gasteiger partial charge in [-0.25, -0.2) is 4.79 Å². The third-order valence-electron chi connectivity index (χ3n) is 5.12. The minimum Gasteiger partial charge on any atom is -0.449 e. The highest BCUT2D eigenvalue weighted by Gasteiger charge is 2.33. The van der Waals surface area contributed by atoms with Crippen molar-refractivity contribution in [1.82, 2.24) is 5.32 Å². The summed E-state index contributed by atoms with van der Waals surface area (Å²) < 4.78 is 11.3. The molecule has 7 heteroatoms. The second-order valence-electron chi connectivity index (χ2n) is 8.53. The van der Waals surface area contributed by atoms with Gasteiger partial charge in [0, 0.05) is 5.92 Å². The van der Waals surface area contributed by atoms with Crippen LogP contribution < -0.4 is 5.32 Å². The predicted octanol–water partition coefficient (Wildman–Crippen LogP) is 3.97. The van der Waals surface area contributed by atoms with Gasteiger partial charge in [-0.3, -0.25) is 4.79 Å². The Labute approximate surface area is 182 Å². The van der Waals surface area contributed by atoms with Gasteiger partial charge in [0.05, 0.1) is 11.7 Å². The number of hydrogen-bond acceptors (Lipinski definition) is 4. The molecular formula is C24H27N3O4. The SMILES string of the molecule is C[C@H](OC(C)(C)C)[C@H](NC(=O)OCC1c2ccccc2-c2ccccc21)C(=O)C=[N+]=[N-]. The van der Waals surface area contributed by atoms with Crippen LogP contribution in [0.2, 0.25) is 0 Å². The number of amides is 1. The Balaban J connectivity index is 1.72. The smallest absolute Gasteiger partial charge is 0.407 e. The van der Waals surface area contributed by atoms with Gasteiger partial charge in [0.25, 0.3) is 5.78 Å². The molecule has 162 valence electrons. The molecule has 0 bridgehead atoms. The van der Waals surface area contributed by atoms with E-state index in [1.807, 2.05) is 57.2 Å². The van der Waals surface area contributed by atoms with Crippen molar-refractivity contribution >= 4 is 18.1 Å². The van der Waals surface area contributed by atoms with E-state index in [0.717, 1.165) is 28.5 Å². The summed E-state index contributed by atoms with van der Waals surface area (Å²) in [7, 11) is 0. The van der Waals surface area contributed by atoms with Gasteiger partial charge in [-0.2, -0.15) is 4.79 Å². The van der Waals surface area contributed by atoms with Crippen LogP contribution in [0, 0.1) is 0 Å². The molecule has 2 aromatic carbocycles. The maximum absolute atomic E-state index is 12.6. The number of benzene rings is 2. The largest absolute Gasteiger partial charge is 0.449 e. The molecule has 0 heterocycles. The molecule has 7 nitrogen and oxygen atoms in total. The van der Waals surface area contributed by atoms with Crippen molar-refractivity contribution in [2.75, 3.05) is 6.61 Å². The minimum absolute atomic E-state index is 0.0884. The van der Waals surface area contributed by atoms with Crippen molar-refractivity contribution in [2.45, 2.75) is 51.4 Å². The third kappa shape index (κ3) is 5.26. The average molecular weight is 421 g/mol. The number of Topliss-reactive ketones (excluding diaryl/α,β-unsaturated/α-hetero) is 1. The minimum atomic E-state index is -1.05. The molecule has 0 fully saturated rings. The fraction of sp³-hybridized carbons (Fsp3) is 0.375. The van der Waals surface area contributed by atoms with Crippen LogP contribution in [0.25, 0.3) is 16.7 Å². The van der Waals surface area contributed by atoms with Gasteiger partial charge in [-0.05, 0) is 49.9 Å². The summed E-state index contributed by atoms with van der Waals surface area (Å²) in [5.74, 6) is -0.678. The third-order valence-corrected chi connectivity index (χ3v) is 5.12. The van der Waals surface area contributed by atoms with E-state index in [2.05, 4.69) is 22.2 Å². The quantitative estimate of drug-likeness (QED) is 0.415. The number of fused-ring (bicyclic) bond motifs is 3. The van der Waals surface area contributed by atoms with Crippen molar-refractivity contribution in [1.29, 1.82) is 0 Å². The summed E-state index contributed by atoms with van der Waals surface area (Å²) in [5.41, 5.74) is 12.7. The van der Waals surface area contributed by atoms with E-state index in [-0.39, 0.29) is 12.5 Å². The molecule has 0 unspecified atom stereocenters. The molecule has 0 radical (unpaired) electrons. The topological polar surface area (TPSA) is 101 Å². The lowest BCUT2D eigenvalue weighted by molar-refractivity contribution is -0.125. The molecule has 0 aliphatic heterocycles. The van der Waals surface area contributed by atoms with Gasteiger partial charge in [0.1, 0.15) is 12.6 Å². The molecule has 1 N–H and O–H groups in total. The zero-order chi connectivity index (χ0) is 22.6. The maximum Gasteiger partial charge on any atom is 0.407 e. The Bertz CT molecular complexity index is 976. The Morgan fingerprint density at radius 1 is 1.10 bits per heavy atom. The molecule has 1 aliphatic carbocycles. The van der Waals surface area contributed by atoms with Crippen LogP contribution in [0.3, 0.4) is 0 Å². The van der Waals surface area contributed by atoms with Gasteiger partial charge in [-0.15, -0.1) is 0 Å². The molecule has 3 rings (SSSR count). The Kier molecular flexibility index (Phi) is 6.68. The summed E-state index contributed by atoms with van der Waals surface area (Å²) >= 11 is 0. The molecule has 1 aliphatic rings. The summed E-state index contributed by atoms with van der Waals surface area (Å²) in [6, 6.07) is 15.0. The normalized spacial score (nSPS) is 14.6. The van der Waals surface area contributed by atoms with Crippen LogP contribution in [0.5, 0.6) is 0 Å². The highest BCUT2D eigenvalue weighted by atomic mass is 16.6. The van der Waals surface area contributed by atoms with Crippen LogP contribution >= 0.6 is 0 Å². The number of hydrogen-bond donors (Lipinski definition) is 1. The summed E-state index contributed by atoms with van der Waals surface area (Å²) in [4.78, 5) is 27.7. The van der Waals surface area contributed by atoms with Gasteiger partial charge in [-0.1, -0.05) is 48.5 Å². The number of carbonyl (C=O) groups is 2. The van der Waals surface area contributed by atoms with Crippen LogP contribution in [-0.4, -0.2) is 47.2 Å². The first-order valence-corrected chi connectivity index (χ1v) is 10.2. The van der Waals surface area contributed by atoms with E-state index in [1.165, 1.54) is 0 Å². The van der Waals surface area contributed by atoms with Crippen LogP contribution in [0.15, 0.2) is 48.5 Å². The second kappa shape index (κ2) is 9.25. The van der Waals surface area contributed by atoms with Gasteiger partial charge >= 0.3 is 12.3 Å². The lowest BCUT2D eigenvalue weighted by Crippen LogP contribution is -2.51. The van der Waals surface area contributed by atoms with Crippen molar-refractivity contribution in [3.63, 3.8) is 0 Å². The molecule has 0 saturated heterocycles. The molecule has 1 amide bonds. The number of carbonyl (C=O) groups excluding carboxylic acids is 2. The Morgan fingerprint density at radius 3 is 2.16 bits per heavy atom. The highest BCUT2D eigenvalue weighted by Crippen LogP contribution is 2.44.